The normalized spacial score (nSPS) is 23.3. The summed E-state index contributed by atoms with van der Waals surface area (Å²) in [6, 6.07) is 3.14. The molecule has 168 valence electrons. The van der Waals surface area contributed by atoms with Crippen LogP contribution in [-0.2, 0) is 29.9 Å². The van der Waals surface area contributed by atoms with Crippen LogP contribution in [0.15, 0.2) is 23.1 Å². The van der Waals surface area contributed by atoms with Crippen molar-refractivity contribution in [3.05, 3.63) is 28.3 Å². The Morgan fingerprint density at radius 3 is 2.20 bits per heavy atom. The zero-order chi connectivity index (χ0) is 22.3. The van der Waals surface area contributed by atoms with Gasteiger partial charge in [0.1, 0.15) is 10.6 Å². The SMILES string of the molecule is COc1cc([N+](=O)[O-])ccc1S(=O)(=O)N1CCN(S(=O)(=O)C2CCS(=O)(=O)C2)CC1. The molecular formula is C15H21N3O9S3. The standard InChI is InChI=1S/C15H21N3O9S3/c1-27-14-10-12(18(19)20)2-3-15(14)30(25,26)17-7-5-16(6-8-17)29(23,24)13-4-9-28(21,22)11-13/h2-3,10,13H,4-9,11H2,1H3. The first kappa shape index (κ1) is 22.9. The predicted octanol–water partition coefficient (Wildman–Crippen LogP) is -0.573. The molecule has 1 atom stereocenters. The van der Waals surface area contributed by atoms with Gasteiger partial charge in [-0.15, -0.1) is 0 Å². The van der Waals surface area contributed by atoms with Gasteiger partial charge in [0.15, 0.2) is 9.84 Å². The molecule has 0 aliphatic carbocycles. The monoisotopic (exact) mass is 483 g/mol. The van der Waals surface area contributed by atoms with E-state index in [4.69, 9.17) is 4.74 Å². The summed E-state index contributed by atoms with van der Waals surface area (Å²) in [5.74, 6) is -0.783. The number of sulfonamides is 2. The molecule has 0 bridgehead atoms. The molecule has 2 aliphatic rings. The number of rotatable bonds is 6. The third kappa shape index (κ3) is 4.30. The van der Waals surface area contributed by atoms with Crippen molar-refractivity contribution in [2.45, 2.75) is 16.6 Å². The highest BCUT2D eigenvalue weighted by molar-refractivity contribution is 7.95. The maximum absolute atomic E-state index is 13.0. The van der Waals surface area contributed by atoms with E-state index in [0.29, 0.717) is 0 Å². The van der Waals surface area contributed by atoms with Gasteiger partial charge in [-0.3, -0.25) is 10.1 Å². The third-order valence-corrected chi connectivity index (χ3v) is 11.4. The third-order valence-electron chi connectivity index (χ3n) is 5.15. The molecule has 0 saturated carbocycles. The number of non-ortho nitro benzene ring substituents is 1. The molecule has 0 amide bonds. The zero-order valence-corrected chi connectivity index (χ0v) is 18.4. The molecule has 0 aromatic heterocycles. The number of hydrogen-bond donors (Lipinski definition) is 0. The number of nitro benzene ring substituents is 1. The summed E-state index contributed by atoms with van der Waals surface area (Å²) in [6.45, 7) is -0.511. The first-order valence-corrected chi connectivity index (χ1v) is 13.7. The second-order valence-electron chi connectivity index (χ2n) is 6.97. The average molecular weight is 484 g/mol. The van der Waals surface area contributed by atoms with E-state index < -0.39 is 45.8 Å². The van der Waals surface area contributed by atoms with Crippen molar-refractivity contribution in [1.29, 1.82) is 0 Å². The van der Waals surface area contributed by atoms with Crippen LogP contribution in [0.5, 0.6) is 5.75 Å². The number of hydrogen-bond acceptors (Lipinski definition) is 9. The van der Waals surface area contributed by atoms with Crippen molar-refractivity contribution in [3.63, 3.8) is 0 Å². The number of methoxy groups -OCH3 is 1. The summed E-state index contributed by atoms with van der Waals surface area (Å²) >= 11 is 0. The number of sulfone groups is 1. The van der Waals surface area contributed by atoms with E-state index in [9.17, 15) is 35.4 Å². The highest BCUT2D eigenvalue weighted by Crippen LogP contribution is 2.31. The first-order valence-electron chi connectivity index (χ1n) is 8.90. The van der Waals surface area contributed by atoms with E-state index in [2.05, 4.69) is 0 Å². The summed E-state index contributed by atoms with van der Waals surface area (Å²) in [6.07, 6.45) is 0.0309. The van der Waals surface area contributed by atoms with E-state index in [0.717, 1.165) is 26.8 Å². The van der Waals surface area contributed by atoms with E-state index in [1.807, 2.05) is 0 Å². The Balaban J connectivity index is 1.77. The van der Waals surface area contributed by atoms with E-state index in [1.54, 1.807) is 0 Å². The minimum atomic E-state index is -4.09. The topological polar surface area (TPSA) is 161 Å². The number of nitro groups is 1. The summed E-state index contributed by atoms with van der Waals surface area (Å²) in [5.41, 5.74) is -0.326. The number of benzene rings is 1. The van der Waals surface area contributed by atoms with Gasteiger partial charge in [-0.05, 0) is 12.5 Å². The fourth-order valence-electron chi connectivity index (χ4n) is 3.49. The van der Waals surface area contributed by atoms with Gasteiger partial charge < -0.3 is 4.74 Å². The lowest BCUT2D eigenvalue weighted by atomic mass is 10.3. The summed E-state index contributed by atoms with van der Waals surface area (Å²) in [7, 11) is -10.1. The molecular weight excluding hydrogens is 462 g/mol. The largest absolute Gasteiger partial charge is 0.495 e. The van der Waals surface area contributed by atoms with Crippen molar-refractivity contribution in [1.82, 2.24) is 8.61 Å². The van der Waals surface area contributed by atoms with Crippen LogP contribution in [0.3, 0.4) is 0 Å². The predicted molar refractivity (Wildman–Crippen MR) is 106 cm³/mol. The first-order chi connectivity index (χ1) is 13.9. The summed E-state index contributed by atoms with van der Waals surface area (Å²) in [5, 5.41) is 9.89. The fourth-order valence-corrected chi connectivity index (χ4v) is 9.56. The fraction of sp³-hybridized carbons (Fsp3) is 0.600. The maximum atomic E-state index is 13.0. The summed E-state index contributed by atoms with van der Waals surface area (Å²) in [4.78, 5) is 9.97. The van der Waals surface area contributed by atoms with Crippen LogP contribution < -0.4 is 4.74 Å². The van der Waals surface area contributed by atoms with E-state index in [-0.39, 0.29) is 54.7 Å². The van der Waals surface area contributed by atoms with E-state index >= 15 is 0 Å². The van der Waals surface area contributed by atoms with Crippen molar-refractivity contribution in [2.75, 3.05) is 44.8 Å². The lowest BCUT2D eigenvalue weighted by molar-refractivity contribution is -0.385. The molecule has 30 heavy (non-hydrogen) atoms. The van der Waals surface area contributed by atoms with Crippen LogP contribution in [0.25, 0.3) is 0 Å². The molecule has 2 heterocycles. The van der Waals surface area contributed by atoms with Gasteiger partial charge in [0.25, 0.3) is 5.69 Å². The van der Waals surface area contributed by atoms with Gasteiger partial charge in [0, 0.05) is 32.2 Å². The molecule has 1 aromatic rings. The minimum absolute atomic E-state index is 0.0309. The van der Waals surface area contributed by atoms with Gasteiger partial charge in [0.2, 0.25) is 20.0 Å². The second kappa shape index (κ2) is 8.03. The van der Waals surface area contributed by atoms with Gasteiger partial charge in [-0.2, -0.15) is 8.61 Å². The lowest BCUT2D eigenvalue weighted by Gasteiger charge is -2.34. The van der Waals surface area contributed by atoms with Gasteiger partial charge >= 0.3 is 0 Å². The Labute approximate surface area is 174 Å². The Morgan fingerprint density at radius 2 is 1.70 bits per heavy atom. The Hall–Kier alpha value is -1.81. The Kier molecular flexibility index (Phi) is 6.12. The van der Waals surface area contributed by atoms with Crippen LogP contribution in [-0.4, -0.2) is 88.8 Å². The van der Waals surface area contributed by atoms with Gasteiger partial charge in [0.05, 0.1) is 34.9 Å². The second-order valence-corrected chi connectivity index (χ2v) is 13.3. The maximum Gasteiger partial charge on any atom is 0.273 e. The molecule has 2 aliphatic heterocycles. The molecule has 12 nitrogen and oxygen atoms in total. The van der Waals surface area contributed by atoms with Gasteiger partial charge in [-0.25, -0.2) is 25.3 Å². The quantitative estimate of drug-likeness (QED) is 0.381. The van der Waals surface area contributed by atoms with Crippen molar-refractivity contribution < 1.29 is 34.9 Å². The molecule has 0 radical (unpaired) electrons. The number of ether oxygens (including phenoxy) is 1. The number of nitrogens with zero attached hydrogens (tertiary/aromatic N) is 3. The number of piperazine rings is 1. The van der Waals surface area contributed by atoms with Crippen LogP contribution in [0.2, 0.25) is 0 Å². The molecule has 3 rings (SSSR count). The van der Waals surface area contributed by atoms with Crippen LogP contribution in [0.4, 0.5) is 5.69 Å². The van der Waals surface area contributed by atoms with Gasteiger partial charge in [-0.1, -0.05) is 0 Å². The van der Waals surface area contributed by atoms with Crippen molar-refractivity contribution >= 4 is 35.6 Å². The molecule has 0 N–H and O–H groups in total. The highest BCUT2D eigenvalue weighted by Gasteiger charge is 2.42. The smallest absolute Gasteiger partial charge is 0.273 e. The van der Waals surface area contributed by atoms with Crippen LogP contribution >= 0.6 is 0 Å². The van der Waals surface area contributed by atoms with Crippen molar-refractivity contribution in [2.24, 2.45) is 0 Å². The molecule has 15 heteroatoms. The van der Waals surface area contributed by atoms with Crippen LogP contribution in [0, 0.1) is 10.1 Å². The Bertz CT molecular complexity index is 1150. The molecule has 1 unspecified atom stereocenters. The zero-order valence-electron chi connectivity index (χ0n) is 16.0. The minimum Gasteiger partial charge on any atom is -0.495 e. The lowest BCUT2D eigenvalue weighted by Crippen LogP contribution is -2.52. The molecule has 2 saturated heterocycles. The van der Waals surface area contributed by atoms with Crippen molar-refractivity contribution in [3.8, 4) is 5.75 Å². The van der Waals surface area contributed by atoms with E-state index in [1.165, 1.54) is 7.11 Å². The molecule has 2 fully saturated rings. The summed E-state index contributed by atoms with van der Waals surface area (Å²) < 4.78 is 81.8. The molecule has 1 aromatic carbocycles. The molecule has 0 spiro atoms. The highest BCUT2D eigenvalue weighted by atomic mass is 32.2. The van der Waals surface area contributed by atoms with Crippen LogP contribution in [0.1, 0.15) is 6.42 Å². The average Bonchev–Trinajstić information content (AvgIpc) is 3.08. The Morgan fingerprint density at radius 1 is 1.10 bits per heavy atom.